The molecule has 1 aliphatic carbocycles. The maximum atomic E-state index is 11.7. The molecule has 2 aliphatic rings. The molecule has 0 bridgehead atoms. The molecule has 15 heavy (non-hydrogen) atoms. The van der Waals surface area contributed by atoms with Crippen molar-refractivity contribution < 1.29 is 9.90 Å². The number of aliphatic hydroxyl groups excluding tert-OH is 1. The molecule has 1 heterocycles. The van der Waals surface area contributed by atoms with Gasteiger partial charge in [0.1, 0.15) is 0 Å². The van der Waals surface area contributed by atoms with Crippen LogP contribution in [0.5, 0.6) is 0 Å². The molecule has 1 saturated heterocycles. The Morgan fingerprint density at radius 2 is 2.27 bits per heavy atom. The second-order valence-electron chi connectivity index (χ2n) is 4.83. The van der Waals surface area contributed by atoms with Crippen molar-refractivity contribution in [3.63, 3.8) is 0 Å². The Labute approximate surface area is 90.4 Å². The lowest BCUT2D eigenvalue weighted by Gasteiger charge is -2.33. The first-order valence-corrected chi connectivity index (χ1v) is 5.88. The molecule has 1 saturated carbocycles. The number of nitrogens with two attached hydrogens (primary N) is 1. The second-order valence-corrected chi connectivity index (χ2v) is 4.83. The third-order valence-electron chi connectivity index (χ3n) is 3.63. The zero-order chi connectivity index (χ0) is 10.8. The topological polar surface area (TPSA) is 66.6 Å². The summed E-state index contributed by atoms with van der Waals surface area (Å²) in [5.74, 6) is 0.557. The fourth-order valence-electron chi connectivity index (χ4n) is 2.74. The van der Waals surface area contributed by atoms with Gasteiger partial charge in [-0.2, -0.15) is 0 Å². The van der Waals surface area contributed by atoms with E-state index < -0.39 is 0 Å². The van der Waals surface area contributed by atoms with Crippen LogP contribution in [0.15, 0.2) is 0 Å². The quantitative estimate of drug-likeness (QED) is 0.682. The van der Waals surface area contributed by atoms with Crippen molar-refractivity contribution in [2.75, 3.05) is 13.1 Å². The van der Waals surface area contributed by atoms with Crippen molar-refractivity contribution in [2.24, 2.45) is 11.7 Å². The Hall–Kier alpha value is -0.610. The van der Waals surface area contributed by atoms with Gasteiger partial charge in [0.25, 0.3) is 0 Å². The summed E-state index contributed by atoms with van der Waals surface area (Å²) >= 11 is 0. The predicted molar refractivity (Wildman–Crippen MR) is 57.1 cm³/mol. The molecule has 0 radical (unpaired) electrons. The van der Waals surface area contributed by atoms with Crippen molar-refractivity contribution in [1.82, 2.24) is 4.90 Å². The minimum Gasteiger partial charge on any atom is -0.393 e. The monoisotopic (exact) mass is 212 g/mol. The standard InChI is InChI=1S/C11H20N2O2/c12-6-8-4-11(15)13(7-8)9-2-1-3-10(14)5-9/h8-10,14H,1-7,12H2. The first-order valence-electron chi connectivity index (χ1n) is 5.88. The molecule has 3 atom stereocenters. The van der Waals surface area contributed by atoms with Crippen LogP contribution in [0.2, 0.25) is 0 Å². The Kier molecular flexibility index (Phi) is 3.26. The maximum Gasteiger partial charge on any atom is 0.223 e. The molecular weight excluding hydrogens is 192 g/mol. The molecule has 1 amide bonds. The lowest BCUT2D eigenvalue weighted by Crippen LogP contribution is -2.41. The predicted octanol–water partition coefficient (Wildman–Crippen LogP) is 0.0971. The number of amides is 1. The highest BCUT2D eigenvalue weighted by atomic mass is 16.3. The van der Waals surface area contributed by atoms with Crippen LogP contribution in [0.3, 0.4) is 0 Å². The zero-order valence-corrected chi connectivity index (χ0v) is 9.06. The van der Waals surface area contributed by atoms with Crippen LogP contribution in [0.4, 0.5) is 0 Å². The summed E-state index contributed by atoms with van der Waals surface area (Å²) in [6.07, 6.45) is 4.10. The highest BCUT2D eigenvalue weighted by Gasteiger charge is 2.35. The van der Waals surface area contributed by atoms with Crippen LogP contribution in [0, 0.1) is 5.92 Å². The molecule has 86 valence electrons. The molecule has 3 N–H and O–H groups in total. The van der Waals surface area contributed by atoms with E-state index in [9.17, 15) is 9.90 Å². The largest absolute Gasteiger partial charge is 0.393 e. The lowest BCUT2D eigenvalue weighted by atomic mass is 9.92. The summed E-state index contributed by atoms with van der Waals surface area (Å²) in [5.41, 5.74) is 5.59. The van der Waals surface area contributed by atoms with Crippen molar-refractivity contribution in [1.29, 1.82) is 0 Å². The fraction of sp³-hybridized carbons (Fsp3) is 0.909. The second kappa shape index (κ2) is 4.49. The number of nitrogens with zero attached hydrogens (tertiary/aromatic N) is 1. The Morgan fingerprint density at radius 3 is 2.87 bits per heavy atom. The number of carbonyl (C=O) groups is 1. The van der Waals surface area contributed by atoms with E-state index >= 15 is 0 Å². The number of hydrogen-bond acceptors (Lipinski definition) is 3. The molecule has 0 aromatic rings. The lowest BCUT2D eigenvalue weighted by molar-refractivity contribution is -0.130. The third-order valence-corrected chi connectivity index (χ3v) is 3.63. The van der Waals surface area contributed by atoms with Crippen LogP contribution in [0.25, 0.3) is 0 Å². The Bertz CT molecular complexity index is 245. The number of carbonyl (C=O) groups excluding carboxylic acids is 1. The average molecular weight is 212 g/mol. The van der Waals surface area contributed by atoms with Gasteiger partial charge in [-0.25, -0.2) is 0 Å². The van der Waals surface area contributed by atoms with Crippen molar-refractivity contribution in [2.45, 2.75) is 44.2 Å². The number of likely N-dealkylation sites (tertiary alicyclic amines) is 1. The first-order chi connectivity index (χ1) is 7.20. The first kappa shape index (κ1) is 10.9. The Morgan fingerprint density at radius 1 is 1.47 bits per heavy atom. The smallest absolute Gasteiger partial charge is 0.223 e. The van der Waals surface area contributed by atoms with Gasteiger partial charge in [0.05, 0.1) is 6.10 Å². The van der Waals surface area contributed by atoms with Gasteiger partial charge >= 0.3 is 0 Å². The molecule has 4 heteroatoms. The molecule has 3 unspecified atom stereocenters. The van der Waals surface area contributed by atoms with Crippen LogP contribution < -0.4 is 5.73 Å². The zero-order valence-electron chi connectivity index (χ0n) is 9.06. The minimum atomic E-state index is -0.214. The highest BCUT2D eigenvalue weighted by Crippen LogP contribution is 2.28. The summed E-state index contributed by atoms with van der Waals surface area (Å²) < 4.78 is 0. The summed E-state index contributed by atoms with van der Waals surface area (Å²) in [6.45, 7) is 1.39. The fourth-order valence-corrected chi connectivity index (χ4v) is 2.74. The molecule has 2 rings (SSSR count). The highest BCUT2D eigenvalue weighted by molar-refractivity contribution is 5.79. The van der Waals surface area contributed by atoms with E-state index in [4.69, 9.17) is 5.73 Å². The van der Waals surface area contributed by atoms with Crippen molar-refractivity contribution >= 4 is 5.91 Å². The summed E-state index contributed by atoms with van der Waals surface area (Å²) in [6, 6.07) is 0.262. The van der Waals surface area contributed by atoms with Crippen LogP contribution >= 0.6 is 0 Å². The maximum absolute atomic E-state index is 11.7. The van der Waals surface area contributed by atoms with Gasteiger partial charge in [0.2, 0.25) is 5.91 Å². The number of aliphatic hydroxyl groups is 1. The van der Waals surface area contributed by atoms with Gasteiger partial charge in [-0.15, -0.1) is 0 Å². The Balaban J connectivity index is 1.95. The van der Waals surface area contributed by atoms with Crippen molar-refractivity contribution in [3.05, 3.63) is 0 Å². The van der Waals surface area contributed by atoms with Gasteiger partial charge in [-0.05, 0) is 38.1 Å². The van der Waals surface area contributed by atoms with Crippen LogP contribution in [-0.4, -0.2) is 41.1 Å². The molecule has 1 aliphatic heterocycles. The van der Waals surface area contributed by atoms with E-state index in [1.54, 1.807) is 0 Å². The molecule has 2 fully saturated rings. The summed E-state index contributed by atoms with van der Waals surface area (Å²) in [5, 5.41) is 9.59. The summed E-state index contributed by atoms with van der Waals surface area (Å²) in [7, 11) is 0. The molecular formula is C11H20N2O2. The van der Waals surface area contributed by atoms with Gasteiger partial charge in [-0.1, -0.05) is 0 Å². The van der Waals surface area contributed by atoms with E-state index in [2.05, 4.69) is 0 Å². The van der Waals surface area contributed by atoms with Gasteiger partial charge in [0.15, 0.2) is 0 Å². The SMILES string of the molecule is NCC1CC(=O)N(C2CCCC(O)C2)C1. The van der Waals surface area contributed by atoms with Gasteiger partial charge < -0.3 is 15.7 Å². The molecule has 0 aromatic carbocycles. The van der Waals surface area contributed by atoms with Crippen LogP contribution in [0.1, 0.15) is 32.1 Å². The minimum absolute atomic E-state index is 0.214. The number of hydrogen-bond donors (Lipinski definition) is 2. The van der Waals surface area contributed by atoms with Crippen LogP contribution in [-0.2, 0) is 4.79 Å². The van der Waals surface area contributed by atoms with E-state index in [1.165, 1.54) is 0 Å². The van der Waals surface area contributed by atoms with E-state index in [-0.39, 0.29) is 18.1 Å². The van der Waals surface area contributed by atoms with E-state index in [0.29, 0.717) is 18.9 Å². The van der Waals surface area contributed by atoms with Gasteiger partial charge in [0, 0.05) is 19.0 Å². The molecule has 4 nitrogen and oxygen atoms in total. The number of rotatable bonds is 2. The summed E-state index contributed by atoms with van der Waals surface area (Å²) in [4.78, 5) is 13.7. The average Bonchev–Trinajstić information content (AvgIpc) is 2.60. The third kappa shape index (κ3) is 2.32. The molecule has 0 aromatic heterocycles. The normalized spacial score (nSPS) is 37.3. The van der Waals surface area contributed by atoms with E-state index in [0.717, 1.165) is 32.2 Å². The van der Waals surface area contributed by atoms with Gasteiger partial charge in [-0.3, -0.25) is 4.79 Å². The molecule has 0 spiro atoms. The van der Waals surface area contributed by atoms with E-state index in [1.807, 2.05) is 4.90 Å². The van der Waals surface area contributed by atoms with Crippen molar-refractivity contribution in [3.8, 4) is 0 Å².